The maximum Gasteiger partial charge on any atom is 0.338 e. The minimum atomic E-state index is -1.53. The third-order valence-corrected chi connectivity index (χ3v) is 4.70. The lowest BCUT2D eigenvalue weighted by Gasteiger charge is -2.19. The van der Waals surface area contributed by atoms with Crippen LogP contribution in [0.4, 0.5) is 4.39 Å². The van der Waals surface area contributed by atoms with Gasteiger partial charge in [0.25, 0.3) is 0 Å². The lowest BCUT2D eigenvalue weighted by molar-refractivity contribution is 0.000541. The molecule has 0 bridgehead atoms. The van der Waals surface area contributed by atoms with E-state index >= 15 is 0 Å². The fourth-order valence-corrected chi connectivity index (χ4v) is 3.22. The van der Waals surface area contributed by atoms with Crippen LogP contribution in [0.5, 0.6) is 0 Å². The van der Waals surface area contributed by atoms with Crippen LogP contribution in [0.25, 0.3) is 0 Å². The maximum absolute atomic E-state index is 14.0. The first-order valence-electron chi connectivity index (χ1n) is 7.68. The number of halogens is 1. The van der Waals surface area contributed by atoms with Gasteiger partial charge in [-0.3, -0.25) is 0 Å². The highest BCUT2D eigenvalue weighted by molar-refractivity contribution is 7.98. The SMILES string of the molecule is O=C(OC[C@H]1SN[C@@H](F)[C@@H]1OC(=O)c1ccccc1)c1ccccc1. The normalized spacial score (nSPS) is 22.4. The summed E-state index contributed by atoms with van der Waals surface area (Å²) in [6.07, 6.45) is -2.57. The zero-order valence-electron chi connectivity index (χ0n) is 13.1. The van der Waals surface area contributed by atoms with E-state index in [1.165, 1.54) is 0 Å². The van der Waals surface area contributed by atoms with Gasteiger partial charge in [0, 0.05) is 0 Å². The van der Waals surface area contributed by atoms with Crippen LogP contribution >= 0.6 is 11.9 Å². The van der Waals surface area contributed by atoms with Gasteiger partial charge in [-0.15, -0.1) is 0 Å². The Kier molecular flexibility index (Phi) is 5.67. The number of hydrogen-bond acceptors (Lipinski definition) is 6. The van der Waals surface area contributed by atoms with E-state index in [1.807, 2.05) is 0 Å². The first-order valence-corrected chi connectivity index (χ1v) is 8.56. The standard InChI is InChI=1S/C18H16FNO4S/c19-16-15(24-18(22)13-9-5-2-6-10-13)14(25-20-16)11-23-17(21)12-7-3-1-4-8-12/h1-10,14-16,20H,11H2/t14-,15-,16-/m1/s1. The summed E-state index contributed by atoms with van der Waals surface area (Å²) in [7, 11) is 0. The average Bonchev–Trinajstić information content (AvgIpc) is 3.01. The second kappa shape index (κ2) is 8.13. The predicted molar refractivity (Wildman–Crippen MR) is 91.8 cm³/mol. The van der Waals surface area contributed by atoms with Gasteiger partial charge in [0.1, 0.15) is 6.61 Å². The molecular weight excluding hydrogens is 345 g/mol. The van der Waals surface area contributed by atoms with Gasteiger partial charge in [0.05, 0.1) is 16.4 Å². The topological polar surface area (TPSA) is 64.6 Å². The van der Waals surface area contributed by atoms with E-state index in [0.717, 1.165) is 11.9 Å². The van der Waals surface area contributed by atoms with E-state index in [1.54, 1.807) is 60.7 Å². The fourth-order valence-electron chi connectivity index (χ4n) is 2.32. The average molecular weight is 361 g/mol. The molecule has 25 heavy (non-hydrogen) atoms. The van der Waals surface area contributed by atoms with Crippen LogP contribution in [0.2, 0.25) is 0 Å². The van der Waals surface area contributed by atoms with Gasteiger partial charge >= 0.3 is 11.9 Å². The smallest absolute Gasteiger partial charge is 0.338 e. The van der Waals surface area contributed by atoms with Gasteiger partial charge in [-0.05, 0) is 24.3 Å². The first-order chi connectivity index (χ1) is 12.1. The summed E-state index contributed by atoms with van der Waals surface area (Å²) in [6, 6.07) is 16.9. The van der Waals surface area contributed by atoms with Crippen molar-refractivity contribution in [2.24, 2.45) is 0 Å². The van der Waals surface area contributed by atoms with E-state index < -0.39 is 29.6 Å². The molecule has 3 atom stereocenters. The highest BCUT2D eigenvalue weighted by Gasteiger charge is 2.41. The summed E-state index contributed by atoms with van der Waals surface area (Å²) in [5.41, 5.74) is 0.750. The Balaban J connectivity index is 1.59. The van der Waals surface area contributed by atoms with Crippen molar-refractivity contribution >= 4 is 23.9 Å². The third-order valence-electron chi connectivity index (χ3n) is 3.63. The molecule has 7 heteroatoms. The fraction of sp³-hybridized carbons (Fsp3) is 0.222. The number of benzene rings is 2. The van der Waals surface area contributed by atoms with Crippen molar-refractivity contribution in [2.75, 3.05) is 6.61 Å². The van der Waals surface area contributed by atoms with Crippen molar-refractivity contribution in [3.8, 4) is 0 Å². The number of hydrogen-bond donors (Lipinski definition) is 1. The van der Waals surface area contributed by atoms with Crippen LogP contribution in [0.15, 0.2) is 60.7 Å². The second-order valence-electron chi connectivity index (χ2n) is 5.38. The molecular formula is C18H16FNO4S. The van der Waals surface area contributed by atoms with E-state index in [4.69, 9.17) is 9.47 Å². The van der Waals surface area contributed by atoms with Gasteiger partial charge in [0.15, 0.2) is 12.4 Å². The van der Waals surface area contributed by atoms with E-state index in [-0.39, 0.29) is 6.61 Å². The van der Waals surface area contributed by atoms with Crippen molar-refractivity contribution in [3.63, 3.8) is 0 Å². The van der Waals surface area contributed by atoms with Gasteiger partial charge in [-0.1, -0.05) is 48.3 Å². The quantitative estimate of drug-likeness (QED) is 0.502. The van der Waals surface area contributed by atoms with Crippen LogP contribution < -0.4 is 4.72 Å². The summed E-state index contributed by atoms with van der Waals surface area (Å²) in [4.78, 5) is 24.1. The Bertz CT molecular complexity index is 728. The summed E-state index contributed by atoms with van der Waals surface area (Å²) >= 11 is 1.05. The highest BCUT2D eigenvalue weighted by atomic mass is 32.2. The predicted octanol–water partition coefficient (Wildman–Crippen LogP) is 2.98. The second-order valence-corrected chi connectivity index (χ2v) is 6.45. The van der Waals surface area contributed by atoms with Gasteiger partial charge in [-0.25, -0.2) is 18.7 Å². The molecule has 1 heterocycles. The molecule has 1 aliphatic heterocycles. The molecule has 5 nitrogen and oxygen atoms in total. The van der Waals surface area contributed by atoms with Crippen molar-refractivity contribution in [1.82, 2.24) is 4.72 Å². The number of carbonyl (C=O) groups is 2. The molecule has 1 aliphatic rings. The summed E-state index contributed by atoms with van der Waals surface area (Å²) < 4.78 is 27.0. The molecule has 0 saturated carbocycles. The molecule has 1 N–H and O–H groups in total. The number of ether oxygens (including phenoxy) is 2. The van der Waals surface area contributed by atoms with Crippen LogP contribution in [0.1, 0.15) is 20.7 Å². The molecule has 0 radical (unpaired) electrons. The van der Waals surface area contributed by atoms with E-state index in [0.29, 0.717) is 11.1 Å². The molecule has 130 valence electrons. The molecule has 0 unspecified atom stereocenters. The summed E-state index contributed by atoms with van der Waals surface area (Å²) in [6.45, 7) is -0.0709. The number of carbonyl (C=O) groups excluding carboxylic acids is 2. The van der Waals surface area contributed by atoms with Gasteiger partial charge < -0.3 is 9.47 Å². The minimum absolute atomic E-state index is 0.0709. The van der Waals surface area contributed by atoms with Gasteiger partial charge in [0.2, 0.25) is 0 Å². The van der Waals surface area contributed by atoms with E-state index in [2.05, 4.69) is 4.72 Å². The molecule has 1 saturated heterocycles. The Labute approximate surface area is 148 Å². The first kappa shape index (κ1) is 17.4. The highest BCUT2D eigenvalue weighted by Crippen LogP contribution is 2.28. The van der Waals surface area contributed by atoms with Crippen molar-refractivity contribution in [2.45, 2.75) is 17.6 Å². The molecule has 0 spiro atoms. The molecule has 0 aliphatic carbocycles. The van der Waals surface area contributed by atoms with Crippen molar-refractivity contribution in [1.29, 1.82) is 0 Å². The molecule has 0 aromatic heterocycles. The summed E-state index contributed by atoms with van der Waals surface area (Å²) in [5.74, 6) is -1.12. The Morgan fingerprint density at radius 3 is 2.12 bits per heavy atom. The molecule has 3 rings (SSSR count). The third kappa shape index (κ3) is 4.37. The molecule has 0 amide bonds. The lowest BCUT2D eigenvalue weighted by Crippen LogP contribution is -2.36. The molecule has 2 aromatic carbocycles. The number of alkyl halides is 1. The Hall–Kier alpha value is -2.38. The summed E-state index contributed by atoms with van der Waals surface area (Å²) in [5, 5.41) is -0.532. The number of rotatable bonds is 5. The number of nitrogens with one attached hydrogen (secondary N) is 1. The lowest BCUT2D eigenvalue weighted by atomic mass is 10.2. The minimum Gasteiger partial charge on any atom is -0.461 e. The Morgan fingerprint density at radius 2 is 1.52 bits per heavy atom. The van der Waals surface area contributed by atoms with Crippen LogP contribution in [0.3, 0.4) is 0 Å². The van der Waals surface area contributed by atoms with Crippen LogP contribution in [-0.4, -0.2) is 36.2 Å². The molecule has 1 fully saturated rings. The van der Waals surface area contributed by atoms with E-state index in [9.17, 15) is 14.0 Å². The van der Waals surface area contributed by atoms with Crippen molar-refractivity contribution in [3.05, 3.63) is 71.8 Å². The Morgan fingerprint density at radius 1 is 0.960 bits per heavy atom. The van der Waals surface area contributed by atoms with Crippen molar-refractivity contribution < 1.29 is 23.5 Å². The number of esters is 2. The monoisotopic (exact) mass is 361 g/mol. The largest absolute Gasteiger partial charge is 0.461 e. The zero-order chi connectivity index (χ0) is 17.6. The van der Waals surface area contributed by atoms with Crippen LogP contribution in [-0.2, 0) is 9.47 Å². The zero-order valence-corrected chi connectivity index (χ0v) is 13.9. The molecule has 2 aromatic rings. The maximum atomic E-state index is 14.0. The van der Waals surface area contributed by atoms with Crippen LogP contribution in [0, 0.1) is 0 Å². The van der Waals surface area contributed by atoms with Gasteiger partial charge in [-0.2, -0.15) is 0 Å².